The topological polar surface area (TPSA) is 57.6 Å². The van der Waals surface area contributed by atoms with Crippen LogP contribution in [0.5, 0.6) is 0 Å². The lowest BCUT2D eigenvalue weighted by Crippen LogP contribution is -2.22. The van der Waals surface area contributed by atoms with E-state index in [0.717, 1.165) is 22.3 Å². The molecule has 0 saturated carbocycles. The fourth-order valence-electron chi connectivity index (χ4n) is 2.74. The van der Waals surface area contributed by atoms with Crippen LogP contribution >= 0.6 is 0 Å². The van der Waals surface area contributed by atoms with Crippen LogP contribution in [-0.4, -0.2) is 31.9 Å². The number of fused-ring (bicyclic) bond motifs is 2. The molecule has 2 aromatic carbocycles. The lowest BCUT2D eigenvalue weighted by molar-refractivity contribution is 0.219. The van der Waals surface area contributed by atoms with Gasteiger partial charge in [0.25, 0.3) is 0 Å². The van der Waals surface area contributed by atoms with Gasteiger partial charge >= 0.3 is 0 Å². The average Bonchev–Trinajstić information content (AvgIpc) is 2.65. The molecule has 4 nitrogen and oxygen atoms in total. The van der Waals surface area contributed by atoms with Crippen LogP contribution in [0.2, 0.25) is 0 Å². The van der Waals surface area contributed by atoms with Crippen molar-refractivity contribution in [2.75, 3.05) is 14.1 Å². The molecule has 0 bridgehead atoms. The second-order valence-electron chi connectivity index (χ2n) is 5.95. The van der Waals surface area contributed by atoms with E-state index >= 15 is 0 Å². The summed E-state index contributed by atoms with van der Waals surface area (Å²) in [7, 11) is -0.541. The Bertz CT molecular complexity index is 898. The summed E-state index contributed by atoms with van der Waals surface area (Å²) in [5.74, 6) is 0. The van der Waals surface area contributed by atoms with E-state index in [-0.39, 0.29) is 4.90 Å². The number of rotatable bonds is 2. The number of aliphatic hydroxyl groups is 1. The molecule has 0 spiro atoms. The molecule has 0 radical (unpaired) electrons. The van der Waals surface area contributed by atoms with Gasteiger partial charge in [-0.2, -0.15) is 0 Å². The Morgan fingerprint density at radius 2 is 1.52 bits per heavy atom. The molecule has 0 aliphatic heterocycles. The Morgan fingerprint density at radius 3 is 2.13 bits per heavy atom. The number of aryl methyl sites for hydroxylation is 1. The molecule has 0 fully saturated rings. The van der Waals surface area contributed by atoms with E-state index < -0.39 is 16.1 Å². The second-order valence-corrected chi connectivity index (χ2v) is 8.10. The van der Waals surface area contributed by atoms with Gasteiger partial charge in [-0.3, -0.25) is 0 Å². The predicted molar refractivity (Wildman–Crippen MR) is 91.5 cm³/mol. The largest absolute Gasteiger partial charge is 0.384 e. The lowest BCUT2D eigenvalue weighted by Gasteiger charge is -2.17. The number of benzene rings is 2. The molecule has 0 aromatic heterocycles. The van der Waals surface area contributed by atoms with Crippen LogP contribution in [-0.2, 0) is 10.0 Å². The maximum atomic E-state index is 12.3. The van der Waals surface area contributed by atoms with Gasteiger partial charge in [-0.25, -0.2) is 12.7 Å². The standard InChI is InChI=1S/C18H19NO3S/c1-12-4-5-13-6-7-14-8-9-15(23(21,22)19(2)3)11-17(14)18(20)16(13)10-12/h4-11,18,20H,1-3H3. The van der Waals surface area contributed by atoms with Crippen LogP contribution in [0.1, 0.15) is 33.9 Å². The van der Waals surface area contributed by atoms with Gasteiger partial charge in [0.15, 0.2) is 0 Å². The molecule has 1 atom stereocenters. The summed E-state index contributed by atoms with van der Waals surface area (Å²) in [6.07, 6.45) is 3.00. The molecular weight excluding hydrogens is 310 g/mol. The minimum absolute atomic E-state index is 0.185. The zero-order valence-electron chi connectivity index (χ0n) is 13.3. The van der Waals surface area contributed by atoms with E-state index in [0.29, 0.717) is 5.56 Å². The monoisotopic (exact) mass is 329 g/mol. The van der Waals surface area contributed by atoms with Gasteiger partial charge in [0.2, 0.25) is 10.0 Å². The molecule has 1 aliphatic rings. The first kappa shape index (κ1) is 15.9. The van der Waals surface area contributed by atoms with Crippen LogP contribution in [0.15, 0.2) is 41.3 Å². The maximum Gasteiger partial charge on any atom is 0.242 e. The Labute approximate surface area is 136 Å². The Kier molecular flexibility index (Phi) is 3.88. The molecule has 2 aromatic rings. The van der Waals surface area contributed by atoms with Crippen molar-refractivity contribution >= 4 is 22.2 Å². The fourth-order valence-corrected chi connectivity index (χ4v) is 3.68. The first-order valence-corrected chi connectivity index (χ1v) is 8.78. The van der Waals surface area contributed by atoms with Crippen LogP contribution in [0.25, 0.3) is 12.2 Å². The van der Waals surface area contributed by atoms with Crippen molar-refractivity contribution in [3.8, 4) is 0 Å². The van der Waals surface area contributed by atoms with Crippen molar-refractivity contribution in [2.45, 2.75) is 17.9 Å². The highest BCUT2D eigenvalue weighted by Gasteiger charge is 2.23. The van der Waals surface area contributed by atoms with Crippen molar-refractivity contribution in [1.82, 2.24) is 4.31 Å². The number of hydrogen-bond acceptors (Lipinski definition) is 3. The van der Waals surface area contributed by atoms with E-state index in [1.54, 1.807) is 18.2 Å². The summed E-state index contributed by atoms with van der Waals surface area (Å²) in [5.41, 5.74) is 4.21. The average molecular weight is 329 g/mol. The van der Waals surface area contributed by atoms with Crippen molar-refractivity contribution in [1.29, 1.82) is 0 Å². The number of aliphatic hydroxyl groups excluding tert-OH is 1. The SMILES string of the molecule is Cc1ccc2c(c1)C(O)c1cc(S(=O)(=O)N(C)C)ccc1C=C2. The van der Waals surface area contributed by atoms with Crippen LogP contribution in [0, 0.1) is 6.92 Å². The highest BCUT2D eigenvalue weighted by atomic mass is 32.2. The molecule has 3 rings (SSSR count). The van der Waals surface area contributed by atoms with E-state index in [1.807, 2.05) is 37.3 Å². The minimum Gasteiger partial charge on any atom is -0.384 e. The Hall–Kier alpha value is -1.95. The molecule has 1 aliphatic carbocycles. The molecule has 0 amide bonds. The van der Waals surface area contributed by atoms with Gasteiger partial charge < -0.3 is 5.11 Å². The molecule has 23 heavy (non-hydrogen) atoms. The normalized spacial score (nSPS) is 16.8. The fraction of sp³-hybridized carbons (Fsp3) is 0.222. The Morgan fingerprint density at radius 1 is 0.957 bits per heavy atom. The van der Waals surface area contributed by atoms with Crippen LogP contribution in [0.3, 0.4) is 0 Å². The third-order valence-corrected chi connectivity index (χ3v) is 5.92. The summed E-state index contributed by atoms with van der Waals surface area (Å²) in [5, 5.41) is 10.8. The summed E-state index contributed by atoms with van der Waals surface area (Å²) in [6.45, 7) is 1.97. The van der Waals surface area contributed by atoms with E-state index in [1.165, 1.54) is 18.4 Å². The smallest absolute Gasteiger partial charge is 0.242 e. The molecule has 1 unspecified atom stereocenters. The third kappa shape index (κ3) is 2.72. The first-order valence-electron chi connectivity index (χ1n) is 7.34. The van der Waals surface area contributed by atoms with Gasteiger partial charge in [-0.15, -0.1) is 0 Å². The maximum absolute atomic E-state index is 12.3. The van der Waals surface area contributed by atoms with Crippen molar-refractivity contribution < 1.29 is 13.5 Å². The molecule has 1 N–H and O–H groups in total. The zero-order valence-corrected chi connectivity index (χ0v) is 14.1. The third-order valence-electron chi connectivity index (χ3n) is 4.11. The molecule has 5 heteroatoms. The highest BCUT2D eigenvalue weighted by Crippen LogP contribution is 2.34. The Balaban J connectivity index is 2.19. The van der Waals surface area contributed by atoms with Gasteiger partial charge in [0.1, 0.15) is 6.10 Å². The summed E-state index contributed by atoms with van der Waals surface area (Å²) < 4.78 is 25.8. The van der Waals surface area contributed by atoms with Crippen LogP contribution < -0.4 is 0 Å². The second kappa shape index (κ2) is 5.60. The highest BCUT2D eigenvalue weighted by molar-refractivity contribution is 7.89. The number of hydrogen-bond donors (Lipinski definition) is 1. The van der Waals surface area contributed by atoms with Crippen LogP contribution in [0.4, 0.5) is 0 Å². The van der Waals surface area contributed by atoms with Gasteiger partial charge in [0.05, 0.1) is 4.90 Å². The zero-order chi connectivity index (χ0) is 16.8. The van der Waals surface area contributed by atoms with Gasteiger partial charge in [0, 0.05) is 14.1 Å². The van der Waals surface area contributed by atoms with Crippen molar-refractivity contribution in [3.05, 3.63) is 64.2 Å². The predicted octanol–water partition coefficient (Wildman–Crippen LogP) is 2.81. The van der Waals surface area contributed by atoms with E-state index in [9.17, 15) is 13.5 Å². The lowest BCUT2D eigenvalue weighted by atomic mass is 9.95. The van der Waals surface area contributed by atoms with Crippen molar-refractivity contribution in [2.24, 2.45) is 0 Å². The number of nitrogens with zero attached hydrogens (tertiary/aromatic N) is 1. The quantitative estimate of drug-likeness (QED) is 0.922. The van der Waals surface area contributed by atoms with Gasteiger partial charge in [-0.1, -0.05) is 42.0 Å². The first-order chi connectivity index (χ1) is 10.8. The van der Waals surface area contributed by atoms with E-state index in [2.05, 4.69) is 0 Å². The van der Waals surface area contributed by atoms with E-state index in [4.69, 9.17) is 0 Å². The number of sulfonamides is 1. The molecular formula is C18H19NO3S. The summed E-state index contributed by atoms with van der Waals surface area (Å²) in [6, 6.07) is 10.8. The molecule has 120 valence electrons. The summed E-state index contributed by atoms with van der Waals surface area (Å²) >= 11 is 0. The molecule has 0 heterocycles. The molecule has 0 saturated heterocycles. The van der Waals surface area contributed by atoms with Gasteiger partial charge in [-0.05, 0) is 41.3 Å². The van der Waals surface area contributed by atoms with Crippen molar-refractivity contribution in [3.63, 3.8) is 0 Å². The minimum atomic E-state index is -3.53. The summed E-state index contributed by atoms with van der Waals surface area (Å²) in [4.78, 5) is 0.185.